The van der Waals surface area contributed by atoms with Crippen LogP contribution in [0.3, 0.4) is 0 Å². The van der Waals surface area contributed by atoms with Gasteiger partial charge >= 0.3 is 6.09 Å². The molecule has 1 atom stereocenters. The molecule has 6 heteroatoms. The lowest BCUT2D eigenvalue weighted by Crippen LogP contribution is -2.58. The topological polar surface area (TPSA) is 83.2 Å². The number of nitrogens with one attached hydrogen (secondary N) is 3. The molecule has 0 aliphatic heterocycles. The van der Waals surface area contributed by atoms with Crippen LogP contribution in [0.4, 0.5) is 4.79 Å². The first-order chi connectivity index (χ1) is 19.0. The summed E-state index contributed by atoms with van der Waals surface area (Å²) in [6, 6.07) is 18.1. The van der Waals surface area contributed by atoms with E-state index in [1.165, 1.54) is 44.9 Å². The molecule has 4 rings (SSSR count). The normalized spacial score (nSPS) is 17.4. The predicted molar refractivity (Wildman–Crippen MR) is 158 cm³/mol. The third kappa shape index (κ3) is 8.87. The highest BCUT2D eigenvalue weighted by molar-refractivity contribution is 5.91. The molecular weight excluding hydrogens is 486 g/mol. The Kier molecular flexibility index (Phi) is 10.9. The highest BCUT2D eigenvalue weighted by Gasteiger charge is 2.37. The average molecular weight is 532 g/mol. The number of benzene rings is 2. The zero-order chi connectivity index (χ0) is 27.3. The van der Waals surface area contributed by atoms with Gasteiger partial charge in [-0.2, -0.15) is 0 Å². The Morgan fingerprint density at radius 3 is 2.18 bits per heavy atom. The number of amides is 2. The summed E-state index contributed by atoms with van der Waals surface area (Å²) in [5, 5.41) is 7.11. The van der Waals surface area contributed by atoms with Crippen molar-refractivity contribution in [1.82, 2.24) is 15.6 Å². The number of para-hydroxylation sites is 1. The van der Waals surface area contributed by atoms with Crippen LogP contribution < -0.4 is 10.6 Å². The Bertz CT molecular complexity index is 1160. The molecule has 0 bridgehead atoms. The SMILES string of the molecule is C[C@@](Cc1c[nH]c2ccccc12)(NC(=O)OC1CCCCCCCCCCC1)C(=O)NCCc1ccccc1. The molecule has 1 fully saturated rings. The van der Waals surface area contributed by atoms with Crippen LogP contribution in [-0.4, -0.2) is 35.2 Å². The summed E-state index contributed by atoms with van der Waals surface area (Å²) in [6.45, 7) is 2.29. The molecule has 1 aliphatic carbocycles. The molecule has 1 saturated carbocycles. The van der Waals surface area contributed by atoms with E-state index in [-0.39, 0.29) is 12.0 Å². The number of aromatic nitrogens is 1. The minimum atomic E-state index is -1.16. The highest BCUT2D eigenvalue weighted by Crippen LogP contribution is 2.24. The lowest BCUT2D eigenvalue weighted by molar-refractivity contribution is -0.127. The molecule has 39 heavy (non-hydrogen) atoms. The molecule has 0 saturated heterocycles. The van der Waals surface area contributed by atoms with E-state index in [1.807, 2.05) is 48.7 Å². The van der Waals surface area contributed by atoms with E-state index < -0.39 is 11.6 Å². The van der Waals surface area contributed by atoms with Gasteiger partial charge in [0, 0.05) is 30.1 Å². The minimum absolute atomic E-state index is 0.108. The number of hydrogen-bond acceptors (Lipinski definition) is 3. The van der Waals surface area contributed by atoms with Crippen LogP contribution >= 0.6 is 0 Å². The standard InChI is InChI=1S/C33H45N3O3/c1-33(24-27-25-35-30-21-15-14-20-29(27)30,31(37)34-23-22-26-16-10-9-11-17-26)36-32(38)39-28-18-12-7-5-3-2-4-6-8-13-19-28/h9-11,14-17,20-21,25,28,35H,2-8,12-13,18-19,22-24H2,1H3,(H,34,37)(H,36,38)/t33-/m0/s1. The van der Waals surface area contributed by atoms with Gasteiger partial charge < -0.3 is 20.4 Å². The van der Waals surface area contributed by atoms with Crippen molar-refractivity contribution < 1.29 is 14.3 Å². The van der Waals surface area contributed by atoms with Crippen LogP contribution in [0.15, 0.2) is 60.8 Å². The number of alkyl carbamates (subject to hydrolysis) is 1. The van der Waals surface area contributed by atoms with Crippen LogP contribution in [0, 0.1) is 0 Å². The van der Waals surface area contributed by atoms with Crippen molar-refractivity contribution in [2.75, 3.05) is 6.54 Å². The summed E-state index contributed by atoms with van der Waals surface area (Å²) in [5.74, 6) is -0.209. The molecule has 1 aromatic heterocycles. The molecule has 1 heterocycles. The molecule has 3 aromatic rings. The third-order valence-electron chi connectivity index (χ3n) is 7.97. The molecule has 6 nitrogen and oxygen atoms in total. The molecule has 0 radical (unpaired) electrons. The molecular formula is C33H45N3O3. The van der Waals surface area contributed by atoms with Crippen molar-refractivity contribution in [2.24, 2.45) is 0 Å². The maximum absolute atomic E-state index is 13.6. The summed E-state index contributed by atoms with van der Waals surface area (Å²) in [6.07, 6.45) is 15.1. The van der Waals surface area contributed by atoms with Crippen molar-refractivity contribution >= 4 is 22.9 Å². The number of carbonyl (C=O) groups is 2. The second-order valence-electron chi connectivity index (χ2n) is 11.3. The number of aromatic amines is 1. The summed E-state index contributed by atoms with van der Waals surface area (Å²) in [7, 11) is 0. The third-order valence-corrected chi connectivity index (χ3v) is 7.97. The second-order valence-corrected chi connectivity index (χ2v) is 11.3. The lowest BCUT2D eigenvalue weighted by atomic mass is 9.91. The van der Waals surface area contributed by atoms with Gasteiger partial charge in [-0.25, -0.2) is 4.79 Å². The van der Waals surface area contributed by atoms with Gasteiger partial charge in [0.15, 0.2) is 0 Å². The summed E-state index contributed by atoms with van der Waals surface area (Å²) >= 11 is 0. The number of rotatable bonds is 8. The van der Waals surface area contributed by atoms with E-state index in [9.17, 15) is 9.59 Å². The van der Waals surface area contributed by atoms with E-state index >= 15 is 0 Å². The Morgan fingerprint density at radius 2 is 1.49 bits per heavy atom. The van der Waals surface area contributed by atoms with Crippen LogP contribution in [0.5, 0.6) is 0 Å². The fourth-order valence-electron chi connectivity index (χ4n) is 5.65. The summed E-state index contributed by atoms with van der Waals surface area (Å²) in [4.78, 5) is 30.2. The maximum Gasteiger partial charge on any atom is 0.408 e. The van der Waals surface area contributed by atoms with Crippen LogP contribution in [0.1, 0.15) is 88.7 Å². The summed E-state index contributed by atoms with van der Waals surface area (Å²) < 4.78 is 5.98. The van der Waals surface area contributed by atoms with Crippen LogP contribution in [0.2, 0.25) is 0 Å². The van der Waals surface area contributed by atoms with Gasteiger partial charge in [0.1, 0.15) is 11.6 Å². The Labute approximate surface area is 233 Å². The summed E-state index contributed by atoms with van der Waals surface area (Å²) in [5.41, 5.74) is 1.99. The Morgan fingerprint density at radius 1 is 0.872 bits per heavy atom. The smallest absolute Gasteiger partial charge is 0.408 e. The van der Waals surface area contributed by atoms with E-state index in [1.54, 1.807) is 6.92 Å². The molecule has 2 aromatic carbocycles. The van der Waals surface area contributed by atoms with Crippen molar-refractivity contribution in [2.45, 2.75) is 102 Å². The molecule has 210 valence electrons. The monoisotopic (exact) mass is 531 g/mol. The zero-order valence-electron chi connectivity index (χ0n) is 23.5. The van der Waals surface area contributed by atoms with E-state index in [0.717, 1.165) is 54.1 Å². The Hall–Kier alpha value is -3.28. The lowest BCUT2D eigenvalue weighted by Gasteiger charge is -2.30. The molecule has 3 N–H and O–H groups in total. The second kappa shape index (κ2) is 14.8. The molecule has 2 amide bonds. The zero-order valence-corrected chi connectivity index (χ0v) is 23.5. The number of hydrogen-bond donors (Lipinski definition) is 3. The van der Waals surface area contributed by atoms with Gasteiger partial charge in [0.05, 0.1) is 0 Å². The van der Waals surface area contributed by atoms with Gasteiger partial charge in [0.25, 0.3) is 0 Å². The van der Waals surface area contributed by atoms with Gasteiger partial charge in [-0.05, 0) is 56.2 Å². The van der Waals surface area contributed by atoms with E-state index in [4.69, 9.17) is 4.74 Å². The number of ether oxygens (including phenoxy) is 1. The van der Waals surface area contributed by atoms with Gasteiger partial charge in [-0.1, -0.05) is 93.5 Å². The first-order valence-corrected chi connectivity index (χ1v) is 14.9. The van der Waals surface area contributed by atoms with Gasteiger partial charge in [0.2, 0.25) is 5.91 Å². The van der Waals surface area contributed by atoms with Crippen molar-refractivity contribution in [3.05, 3.63) is 71.9 Å². The molecule has 0 spiro atoms. The fourth-order valence-corrected chi connectivity index (χ4v) is 5.65. The van der Waals surface area contributed by atoms with Crippen LogP contribution in [-0.2, 0) is 22.4 Å². The first kappa shape index (κ1) is 28.7. The maximum atomic E-state index is 13.6. The predicted octanol–water partition coefficient (Wildman–Crippen LogP) is 7.23. The molecule has 1 aliphatic rings. The number of carbonyl (C=O) groups excluding carboxylic acids is 2. The number of H-pyrrole nitrogens is 1. The first-order valence-electron chi connectivity index (χ1n) is 14.9. The van der Waals surface area contributed by atoms with E-state index in [0.29, 0.717) is 13.0 Å². The minimum Gasteiger partial charge on any atom is -0.446 e. The highest BCUT2D eigenvalue weighted by atomic mass is 16.6. The van der Waals surface area contributed by atoms with Gasteiger partial charge in [-0.15, -0.1) is 0 Å². The molecule has 0 unspecified atom stereocenters. The quantitative estimate of drug-likeness (QED) is 0.287. The van der Waals surface area contributed by atoms with Crippen molar-refractivity contribution in [3.63, 3.8) is 0 Å². The fraction of sp³-hybridized carbons (Fsp3) is 0.515. The largest absolute Gasteiger partial charge is 0.446 e. The average Bonchev–Trinajstić information content (AvgIpc) is 3.33. The van der Waals surface area contributed by atoms with Gasteiger partial charge in [-0.3, -0.25) is 4.79 Å². The van der Waals surface area contributed by atoms with E-state index in [2.05, 4.69) is 27.8 Å². The van der Waals surface area contributed by atoms with Crippen molar-refractivity contribution in [1.29, 1.82) is 0 Å². The number of fused-ring (bicyclic) bond motifs is 1. The Balaban J connectivity index is 1.43. The van der Waals surface area contributed by atoms with Crippen molar-refractivity contribution in [3.8, 4) is 0 Å². The van der Waals surface area contributed by atoms with Crippen LogP contribution in [0.25, 0.3) is 10.9 Å².